The molecule has 0 fully saturated rings. The number of nitrogens with one attached hydrogen (secondary N) is 2. The van der Waals surface area contributed by atoms with Gasteiger partial charge in [0, 0.05) is 18.8 Å². The molecule has 0 spiro atoms. The molecular formula is C24H27N3O2. The Balaban J connectivity index is 1.54. The quantitative estimate of drug-likeness (QED) is 0.498. The van der Waals surface area contributed by atoms with Crippen molar-refractivity contribution in [1.29, 1.82) is 5.26 Å². The van der Waals surface area contributed by atoms with Crippen LogP contribution >= 0.6 is 0 Å². The number of fused-ring (bicyclic) bond motifs is 1. The molecule has 2 aromatic rings. The molecule has 29 heavy (non-hydrogen) atoms. The van der Waals surface area contributed by atoms with E-state index in [1.165, 1.54) is 30.2 Å². The van der Waals surface area contributed by atoms with Crippen molar-refractivity contribution in [3.05, 3.63) is 76.5 Å². The minimum atomic E-state index is -0.392. The van der Waals surface area contributed by atoms with Crippen LogP contribution in [0.1, 0.15) is 48.1 Å². The number of rotatable bonds is 7. The zero-order chi connectivity index (χ0) is 20.6. The maximum Gasteiger partial charge on any atom is 0.263 e. The first-order valence-electron chi connectivity index (χ1n) is 10.1. The average molecular weight is 389 g/mol. The third-order valence-electron chi connectivity index (χ3n) is 5.35. The number of phenolic OH excluding ortho intramolecular Hbond substituents is 1. The van der Waals surface area contributed by atoms with Gasteiger partial charge >= 0.3 is 0 Å². The van der Waals surface area contributed by atoms with E-state index < -0.39 is 5.91 Å². The fourth-order valence-corrected chi connectivity index (χ4v) is 3.55. The fraction of sp³-hybridized carbons (Fsp3) is 0.333. The second-order valence-corrected chi connectivity index (χ2v) is 7.47. The Morgan fingerprint density at radius 3 is 2.62 bits per heavy atom. The van der Waals surface area contributed by atoms with Crippen molar-refractivity contribution in [2.24, 2.45) is 0 Å². The highest BCUT2D eigenvalue weighted by Gasteiger charge is 2.13. The van der Waals surface area contributed by atoms with Gasteiger partial charge in [-0.3, -0.25) is 4.79 Å². The van der Waals surface area contributed by atoms with E-state index in [9.17, 15) is 15.2 Å². The molecule has 0 saturated heterocycles. The summed E-state index contributed by atoms with van der Waals surface area (Å²) >= 11 is 0. The lowest BCUT2D eigenvalue weighted by Crippen LogP contribution is -2.28. The van der Waals surface area contributed by atoms with Gasteiger partial charge in [0.1, 0.15) is 17.4 Å². The number of benzene rings is 2. The first kappa shape index (κ1) is 20.5. The average Bonchev–Trinajstić information content (AvgIpc) is 2.75. The molecule has 0 bridgehead atoms. The molecular weight excluding hydrogens is 362 g/mol. The Hall–Kier alpha value is -3.26. The molecule has 5 heteroatoms. The predicted molar refractivity (Wildman–Crippen MR) is 113 cm³/mol. The summed E-state index contributed by atoms with van der Waals surface area (Å²) < 4.78 is 0. The highest BCUT2D eigenvalue weighted by Crippen LogP contribution is 2.24. The van der Waals surface area contributed by atoms with Crippen LogP contribution in [0, 0.1) is 11.3 Å². The first-order chi connectivity index (χ1) is 14.1. The van der Waals surface area contributed by atoms with E-state index >= 15 is 0 Å². The summed E-state index contributed by atoms with van der Waals surface area (Å²) in [6.07, 6.45) is 6.90. The number of hydrogen-bond acceptors (Lipinski definition) is 4. The molecule has 150 valence electrons. The summed E-state index contributed by atoms with van der Waals surface area (Å²) in [4.78, 5) is 12.3. The summed E-state index contributed by atoms with van der Waals surface area (Å²) in [5, 5.41) is 24.6. The van der Waals surface area contributed by atoms with Crippen LogP contribution in [0.25, 0.3) is 0 Å². The fourth-order valence-electron chi connectivity index (χ4n) is 3.55. The standard InChI is InChI=1S/C24H27N3O2/c1-17(20-9-8-19-4-2-3-5-21(19)14-20)27-16-22(15-25)24(29)26-13-12-18-6-10-23(28)11-7-18/h6-11,14,16-17,27-28H,2-5,12-13H2,1H3,(H,26,29)/b22-16-. The number of carbonyl (C=O) groups excluding carboxylic acids is 1. The number of nitriles is 1. The van der Waals surface area contributed by atoms with Gasteiger partial charge in [0.25, 0.3) is 5.91 Å². The van der Waals surface area contributed by atoms with Crippen LogP contribution in [0.4, 0.5) is 0 Å². The Morgan fingerprint density at radius 2 is 1.90 bits per heavy atom. The minimum Gasteiger partial charge on any atom is -0.508 e. The first-order valence-corrected chi connectivity index (χ1v) is 10.1. The molecule has 1 unspecified atom stereocenters. The smallest absolute Gasteiger partial charge is 0.263 e. The van der Waals surface area contributed by atoms with Crippen LogP contribution in [0.5, 0.6) is 5.75 Å². The minimum absolute atomic E-state index is 0.00960. The van der Waals surface area contributed by atoms with Crippen LogP contribution in [0.3, 0.4) is 0 Å². The van der Waals surface area contributed by atoms with Gasteiger partial charge in [0.2, 0.25) is 0 Å². The van der Waals surface area contributed by atoms with Crippen LogP contribution in [-0.2, 0) is 24.1 Å². The van der Waals surface area contributed by atoms with E-state index in [4.69, 9.17) is 0 Å². The van der Waals surface area contributed by atoms with Crippen molar-refractivity contribution < 1.29 is 9.90 Å². The molecule has 1 atom stereocenters. The molecule has 1 amide bonds. The van der Waals surface area contributed by atoms with Gasteiger partial charge in [0.15, 0.2) is 0 Å². The van der Waals surface area contributed by atoms with E-state index in [0.717, 1.165) is 24.0 Å². The third kappa shape index (κ3) is 5.61. The van der Waals surface area contributed by atoms with Crippen LogP contribution in [-0.4, -0.2) is 17.6 Å². The van der Waals surface area contributed by atoms with Crippen molar-refractivity contribution in [2.75, 3.05) is 6.54 Å². The van der Waals surface area contributed by atoms with Gasteiger partial charge < -0.3 is 15.7 Å². The van der Waals surface area contributed by atoms with Crippen molar-refractivity contribution in [3.8, 4) is 11.8 Å². The monoisotopic (exact) mass is 389 g/mol. The maximum atomic E-state index is 12.3. The van der Waals surface area contributed by atoms with Crippen LogP contribution < -0.4 is 10.6 Å². The molecule has 0 heterocycles. The topological polar surface area (TPSA) is 85.2 Å². The molecule has 3 N–H and O–H groups in total. The van der Waals surface area contributed by atoms with Gasteiger partial charge in [0.05, 0.1) is 0 Å². The van der Waals surface area contributed by atoms with Crippen molar-refractivity contribution >= 4 is 5.91 Å². The van der Waals surface area contributed by atoms with Crippen molar-refractivity contribution in [2.45, 2.75) is 45.1 Å². The maximum absolute atomic E-state index is 12.3. The Kier molecular flexibility index (Phi) is 6.91. The molecule has 0 aromatic heterocycles. The van der Waals surface area contributed by atoms with E-state index in [-0.39, 0.29) is 17.4 Å². The van der Waals surface area contributed by atoms with E-state index in [1.807, 2.05) is 25.1 Å². The predicted octanol–water partition coefficient (Wildman–Crippen LogP) is 3.69. The lowest BCUT2D eigenvalue weighted by molar-refractivity contribution is -0.117. The van der Waals surface area contributed by atoms with Gasteiger partial charge in [-0.05, 0) is 73.4 Å². The lowest BCUT2D eigenvalue weighted by atomic mass is 9.89. The SMILES string of the molecule is CC(N/C=C(/C#N)C(=O)NCCc1ccc(O)cc1)c1ccc2c(c1)CCCC2. The third-order valence-corrected chi connectivity index (χ3v) is 5.35. The van der Waals surface area contributed by atoms with Crippen LogP contribution in [0.15, 0.2) is 54.2 Å². The van der Waals surface area contributed by atoms with Gasteiger partial charge in [-0.2, -0.15) is 5.26 Å². The Morgan fingerprint density at radius 1 is 1.17 bits per heavy atom. The summed E-state index contributed by atoms with van der Waals surface area (Å²) in [6.45, 7) is 2.45. The summed E-state index contributed by atoms with van der Waals surface area (Å²) in [7, 11) is 0. The molecule has 2 aromatic carbocycles. The number of hydrogen-bond donors (Lipinski definition) is 3. The molecule has 5 nitrogen and oxygen atoms in total. The number of carbonyl (C=O) groups is 1. The Bertz CT molecular complexity index is 926. The molecule has 0 aliphatic heterocycles. The number of phenols is 1. The zero-order valence-electron chi connectivity index (χ0n) is 16.7. The largest absolute Gasteiger partial charge is 0.508 e. The second kappa shape index (κ2) is 9.79. The normalized spacial score (nSPS) is 14.4. The molecule has 0 saturated carbocycles. The van der Waals surface area contributed by atoms with Crippen molar-refractivity contribution in [1.82, 2.24) is 10.6 Å². The van der Waals surface area contributed by atoms with Crippen LogP contribution in [0.2, 0.25) is 0 Å². The van der Waals surface area contributed by atoms with Gasteiger partial charge in [-0.1, -0.05) is 30.3 Å². The highest BCUT2D eigenvalue weighted by molar-refractivity contribution is 5.97. The van der Waals surface area contributed by atoms with E-state index in [1.54, 1.807) is 12.1 Å². The summed E-state index contributed by atoms with van der Waals surface area (Å²) in [5.74, 6) is -0.178. The number of aromatic hydroxyl groups is 1. The molecule has 0 radical (unpaired) electrons. The van der Waals surface area contributed by atoms with Gasteiger partial charge in [-0.15, -0.1) is 0 Å². The number of amides is 1. The number of aryl methyl sites for hydroxylation is 2. The van der Waals surface area contributed by atoms with E-state index in [2.05, 4.69) is 28.8 Å². The number of nitrogens with zero attached hydrogens (tertiary/aromatic N) is 1. The Labute approximate surface area is 172 Å². The highest BCUT2D eigenvalue weighted by atomic mass is 16.3. The molecule has 1 aliphatic carbocycles. The summed E-state index contributed by atoms with van der Waals surface area (Å²) in [5.41, 5.74) is 5.07. The molecule has 3 rings (SSSR count). The lowest BCUT2D eigenvalue weighted by Gasteiger charge is -2.19. The van der Waals surface area contributed by atoms with Crippen molar-refractivity contribution in [3.63, 3.8) is 0 Å². The zero-order valence-corrected chi connectivity index (χ0v) is 16.7. The summed E-state index contributed by atoms with van der Waals surface area (Å²) in [6, 6.07) is 15.4. The van der Waals surface area contributed by atoms with Gasteiger partial charge in [-0.25, -0.2) is 0 Å². The van der Waals surface area contributed by atoms with E-state index in [0.29, 0.717) is 13.0 Å². The molecule has 1 aliphatic rings. The second-order valence-electron chi connectivity index (χ2n) is 7.47.